The minimum Gasteiger partial charge on any atom is -0.479 e. The molecule has 0 aliphatic heterocycles. The Kier molecular flexibility index (Phi) is 4.25. The van der Waals surface area contributed by atoms with Gasteiger partial charge in [-0.15, -0.1) is 0 Å². The number of halogens is 1. The van der Waals surface area contributed by atoms with Crippen LogP contribution in [0.25, 0.3) is 11.0 Å². The molecule has 5 heteroatoms. The molecule has 1 aromatic carbocycles. The molecular weight excluding hydrogens is 300 g/mol. The van der Waals surface area contributed by atoms with Gasteiger partial charge in [0, 0.05) is 10.7 Å². The van der Waals surface area contributed by atoms with Crippen LogP contribution in [0.4, 0.5) is 0 Å². The van der Waals surface area contributed by atoms with Crippen LogP contribution in [0.2, 0.25) is 0 Å². The maximum Gasteiger partial charge on any atom is 0.341 e. The van der Waals surface area contributed by atoms with Crippen molar-refractivity contribution in [2.24, 2.45) is 0 Å². The van der Waals surface area contributed by atoms with E-state index in [1.165, 1.54) is 0 Å². The highest BCUT2D eigenvalue weighted by atomic mass is 79.9. The largest absolute Gasteiger partial charge is 0.479 e. The van der Waals surface area contributed by atoms with E-state index in [0.29, 0.717) is 11.3 Å². The van der Waals surface area contributed by atoms with Crippen molar-refractivity contribution in [2.45, 2.75) is 12.8 Å². The molecule has 4 nitrogen and oxygen atoms in total. The van der Waals surface area contributed by atoms with E-state index in [9.17, 15) is 4.79 Å². The van der Waals surface area contributed by atoms with E-state index >= 15 is 0 Å². The third-order valence-electron chi connectivity index (χ3n) is 2.57. The molecular formula is C13H13BrO4. The second kappa shape index (κ2) is 5.91. The predicted molar refractivity (Wildman–Crippen MR) is 71.5 cm³/mol. The minimum atomic E-state index is -1.00. The van der Waals surface area contributed by atoms with Gasteiger partial charge in [-0.2, -0.15) is 0 Å². The Hall–Kier alpha value is -1.49. The fraction of sp³-hybridized carbons (Fsp3) is 0.308. The lowest BCUT2D eigenvalue weighted by Crippen LogP contribution is -2.09. The normalized spacial score (nSPS) is 10.7. The van der Waals surface area contributed by atoms with Crippen molar-refractivity contribution in [3.63, 3.8) is 0 Å². The van der Waals surface area contributed by atoms with Crippen LogP contribution in [0, 0.1) is 0 Å². The molecule has 0 aliphatic rings. The number of fused-ring (bicyclic) bond motifs is 1. The van der Waals surface area contributed by atoms with Crippen LogP contribution in [0.5, 0.6) is 5.75 Å². The van der Waals surface area contributed by atoms with E-state index in [-0.39, 0.29) is 6.61 Å². The van der Waals surface area contributed by atoms with Crippen molar-refractivity contribution in [2.75, 3.05) is 11.9 Å². The van der Waals surface area contributed by atoms with Crippen molar-refractivity contribution in [3.8, 4) is 5.75 Å². The average molecular weight is 313 g/mol. The number of para-hydroxylation sites is 1. The number of rotatable bonds is 6. The van der Waals surface area contributed by atoms with Crippen molar-refractivity contribution >= 4 is 32.9 Å². The number of carboxylic acids is 1. The van der Waals surface area contributed by atoms with Gasteiger partial charge in [0.1, 0.15) is 0 Å². The van der Waals surface area contributed by atoms with Crippen molar-refractivity contribution in [1.82, 2.24) is 0 Å². The van der Waals surface area contributed by atoms with Crippen LogP contribution < -0.4 is 4.74 Å². The first-order valence-electron chi connectivity index (χ1n) is 5.62. The van der Waals surface area contributed by atoms with Crippen LogP contribution in [0.15, 0.2) is 28.9 Å². The van der Waals surface area contributed by atoms with Gasteiger partial charge in [0.05, 0.1) is 6.26 Å². The Morgan fingerprint density at radius 2 is 2.28 bits per heavy atom. The third-order valence-corrected chi connectivity index (χ3v) is 3.14. The highest BCUT2D eigenvalue weighted by Gasteiger charge is 2.11. The Labute approximate surface area is 113 Å². The first kappa shape index (κ1) is 13.0. The predicted octanol–water partition coefficient (Wildman–Crippen LogP) is 3.22. The van der Waals surface area contributed by atoms with Gasteiger partial charge in [0.25, 0.3) is 0 Å². The smallest absolute Gasteiger partial charge is 0.341 e. The molecule has 96 valence electrons. The number of benzene rings is 1. The summed E-state index contributed by atoms with van der Waals surface area (Å²) in [7, 11) is 0. The SMILES string of the molecule is O=C(O)COc1cccc2c(CCCBr)coc12. The number of hydrogen-bond donors (Lipinski definition) is 1. The molecule has 2 aromatic rings. The Morgan fingerprint density at radius 3 is 3.00 bits per heavy atom. The molecule has 0 bridgehead atoms. The molecule has 0 saturated heterocycles. The zero-order valence-electron chi connectivity index (χ0n) is 9.69. The molecule has 2 rings (SSSR count). The molecule has 1 heterocycles. The zero-order chi connectivity index (χ0) is 13.0. The average Bonchev–Trinajstić information content (AvgIpc) is 2.77. The minimum absolute atomic E-state index is 0.365. The second-order valence-corrected chi connectivity index (χ2v) is 4.66. The van der Waals surface area contributed by atoms with Crippen LogP contribution in [-0.4, -0.2) is 23.0 Å². The van der Waals surface area contributed by atoms with Gasteiger partial charge in [-0.05, 0) is 24.5 Å². The first-order chi connectivity index (χ1) is 8.72. The monoisotopic (exact) mass is 312 g/mol. The number of carboxylic acid groups (broad SMARTS) is 1. The lowest BCUT2D eigenvalue weighted by molar-refractivity contribution is -0.139. The maximum absolute atomic E-state index is 10.5. The van der Waals surface area contributed by atoms with Crippen LogP contribution in [-0.2, 0) is 11.2 Å². The van der Waals surface area contributed by atoms with E-state index in [1.807, 2.05) is 12.1 Å². The summed E-state index contributed by atoms with van der Waals surface area (Å²) in [6, 6.07) is 5.51. The van der Waals surface area contributed by atoms with E-state index in [2.05, 4.69) is 15.9 Å². The number of hydrogen-bond acceptors (Lipinski definition) is 3. The zero-order valence-corrected chi connectivity index (χ0v) is 11.3. The number of furan rings is 1. The number of carbonyl (C=O) groups is 1. The van der Waals surface area contributed by atoms with Crippen molar-refractivity contribution in [3.05, 3.63) is 30.0 Å². The van der Waals surface area contributed by atoms with E-state index < -0.39 is 5.97 Å². The fourth-order valence-corrected chi connectivity index (χ4v) is 2.07. The number of aliphatic carboxylic acids is 1. The third kappa shape index (κ3) is 2.85. The summed E-state index contributed by atoms with van der Waals surface area (Å²) < 4.78 is 10.7. The molecule has 0 fully saturated rings. The van der Waals surface area contributed by atoms with Gasteiger partial charge in [0.2, 0.25) is 0 Å². The Bertz CT molecular complexity index is 547. The molecule has 0 saturated carbocycles. The second-order valence-electron chi connectivity index (χ2n) is 3.87. The van der Waals surface area contributed by atoms with Crippen LogP contribution in [0.3, 0.4) is 0 Å². The van der Waals surface area contributed by atoms with Gasteiger partial charge < -0.3 is 14.3 Å². The van der Waals surface area contributed by atoms with Crippen molar-refractivity contribution in [1.29, 1.82) is 0 Å². The van der Waals surface area contributed by atoms with Crippen LogP contribution >= 0.6 is 15.9 Å². The number of alkyl halides is 1. The molecule has 0 radical (unpaired) electrons. The van der Waals surface area contributed by atoms with Gasteiger partial charge in [-0.25, -0.2) is 4.79 Å². The highest BCUT2D eigenvalue weighted by Crippen LogP contribution is 2.30. The van der Waals surface area contributed by atoms with Gasteiger partial charge in [0.15, 0.2) is 17.9 Å². The molecule has 1 N–H and O–H groups in total. The summed E-state index contributed by atoms with van der Waals surface area (Å²) in [4.78, 5) is 10.5. The quantitative estimate of drug-likeness (QED) is 0.832. The Balaban J connectivity index is 2.27. The first-order valence-corrected chi connectivity index (χ1v) is 6.74. The molecule has 0 unspecified atom stereocenters. The molecule has 0 amide bonds. The number of aryl methyl sites for hydroxylation is 1. The summed E-state index contributed by atoms with van der Waals surface area (Å²) in [6.45, 7) is -0.365. The molecule has 1 aromatic heterocycles. The fourth-order valence-electron chi connectivity index (χ4n) is 1.79. The lowest BCUT2D eigenvalue weighted by atomic mass is 10.1. The van der Waals surface area contributed by atoms with Crippen LogP contribution in [0.1, 0.15) is 12.0 Å². The maximum atomic E-state index is 10.5. The van der Waals surface area contributed by atoms with Crippen molar-refractivity contribution < 1.29 is 19.1 Å². The highest BCUT2D eigenvalue weighted by molar-refractivity contribution is 9.09. The van der Waals surface area contributed by atoms with Gasteiger partial charge in [-0.3, -0.25) is 0 Å². The number of ether oxygens (including phenoxy) is 1. The molecule has 0 atom stereocenters. The lowest BCUT2D eigenvalue weighted by Gasteiger charge is -2.03. The van der Waals surface area contributed by atoms with E-state index in [1.54, 1.807) is 12.3 Å². The summed E-state index contributed by atoms with van der Waals surface area (Å²) in [6.07, 6.45) is 3.65. The van der Waals surface area contributed by atoms with E-state index in [0.717, 1.165) is 29.1 Å². The van der Waals surface area contributed by atoms with Gasteiger partial charge in [-0.1, -0.05) is 28.1 Å². The molecule has 18 heavy (non-hydrogen) atoms. The standard InChI is InChI=1S/C13H13BrO4/c14-6-2-3-9-7-18-13-10(9)4-1-5-11(13)17-8-12(15)16/h1,4-5,7H,2-3,6,8H2,(H,15,16). The Morgan fingerprint density at radius 1 is 1.44 bits per heavy atom. The molecule has 0 aliphatic carbocycles. The summed E-state index contributed by atoms with van der Waals surface area (Å²) >= 11 is 3.39. The van der Waals surface area contributed by atoms with E-state index in [4.69, 9.17) is 14.3 Å². The molecule has 0 spiro atoms. The summed E-state index contributed by atoms with van der Waals surface area (Å²) in [5.74, 6) is -0.530. The summed E-state index contributed by atoms with van der Waals surface area (Å²) in [5.41, 5.74) is 1.73. The summed E-state index contributed by atoms with van der Waals surface area (Å²) in [5, 5.41) is 10.5. The van der Waals surface area contributed by atoms with Gasteiger partial charge >= 0.3 is 5.97 Å². The topological polar surface area (TPSA) is 59.7 Å².